The van der Waals surface area contributed by atoms with Crippen LogP contribution >= 0.6 is 11.6 Å². The topological polar surface area (TPSA) is 59.3 Å². The number of nitriles is 1. The Bertz CT molecular complexity index is 1020. The molecule has 0 spiro atoms. The van der Waals surface area contributed by atoms with Crippen molar-refractivity contribution in [2.45, 2.75) is 0 Å². The third kappa shape index (κ3) is 3.02. The van der Waals surface area contributed by atoms with Crippen LogP contribution in [0.1, 0.15) is 15.9 Å². The zero-order valence-electron chi connectivity index (χ0n) is 13.7. The van der Waals surface area contributed by atoms with Gasteiger partial charge in [0.15, 0.2) is 0 Å². The van der Waals surface area contributed by atoms with Crippen LogP contribution in [-0.2, 0) is 4.74 Å². The van der Waals surface area contributed by atoms with Crippen LogP contribution in [0.4, 0.5) is 0 Å². The van der Waals surface area contributed by atoms with Crippen molar-refractivity contribution in [1.82, 2.24) is 0 Å². The molecule has 0 N–H and O–H groups in total. The summed E-state index contributed by atoms with van der Waals surface area (Å²) in [6.45, 7) is 0. The van der Waals surface area contributed by atoms with E-state index in [-0.39, 0.29) is 0 Å². The number of benzene rings is 3. The summed E-state index contributed by atoms with van der Waals surface area (Å²) in [6, 6.07) is 16.2. The van der Waals surface area contributed by atoms with Crippen molar-refractivity contribution in [3.05, 3.63) is 64.7 Å². The summed E-state index contributed by atoms with van der Waals surface area (Å²) >= 11 is 6.47. The van der Waals surface area contributed by atoms with E-state index in [0.717, 1.165) is 21.9 Å². The van der Waals surface area contributed by atoms with E-state index < -0.39 is 5.97 Å². The Labute approximate surface area is 150 Å². The zero-order chi connectivity index (χ0) is 18.0. The number of methoxy groups -OCH3 is 2. The highest BCUT2D eigenvalue weighted by molar-refractivity contribution is 6.35. The van der Waals surface area contributed by atoms with Gasteiger partial charge in [0.25, 0.3) is 0 Å². The van der Waals surface area contributed by atoms with E-state index in [1.807, 2.05) is 12.1 Å². The molecule has 0 aliphatic rings. The molecule has 124 valence electrons. The van der Waals surface area contributed by atoms with Gasteiger partial charge in [-0.1, -0.05) is 23.7 Å². The number of nitrogens with zero attached hydrogens (tertiary/aromatic N) is 1. The number of esters is 1. The highest BCUT2D eigenvalue weighted by atomic mass is 35.5. The summed E-state index contributed by atoms with van der Waals surface area (Å²) in [6.07, 6.45) is 0. The van der Waals surface area contributed by atoms with Gasteiger partial charge < -0.3 is 9.47 Å². The Hall–Kier alpha value is -3.03. The molecular weight excluding hydrogens is 338 g/mol. The standard InChI is InChI=1S/C20H14ClNO3/c1-24-18-9-12(11-22)3-7-15(18)19-16-10-14(20(23)25-2)5-4-13(16)6-8-17(19)21/h3-10H,1-2H3. The van der Waals surface area contributed by atoms with Gasteiger partial charge in [0.05, 0.1) is 31.4 Å². The van der Waals surface area contributed by atoms with Gasteiger partial charge in [-0.3, -0.25) is 0 Å². The minimum atomic E-state index is -0.417. The number of hydrogen-bond donors (Lipinski definition) is 0. The van der Waals surface area contributed by atoms with Crippen molar-refractivity contribution in [3.63, 3.8) is 0 Å². The fourth-order valence-corrected chi connectivity index (χ4v) is 3.05. The lowest BCUT2D eigenvalue weighted by Gasteiger charge is -2.14. The molecule has 0 bridgehead atoms. The van der Waals surface area contributed by atoms with E-state index in [0.29, 0.717) is 21.9 Å². The summed E-state index contributed by atoms with van der Waals surface area (Å²) in [4.78, 5) is 11.9. The second-order valence-electron chi connectivity index (χ2n) is 5.38. The minimum Gasteiger partial charge on any atom is -0.496 e. The van der Waals surface area contributed by atoms with Crippen LogP contribution in [0.2, 0.25) is 5.02 Å². The number of halogens is 1. The molecule has 0 saturated carbocycles. The maximum absolute atomic E-state index is 11.9. The second kappa shape index (κ2) is 6.84. The molecule has 0 amide bonds. The Kier molecular flexibility index (Phi) is 4.60. The van der Waals surface area contributed by atoms with Gasteiger partial charge >= 0.3 is 5.97 Å². The third-order valence-electron chi connectivity index (χ3n) is 3.99. The first-order valence-corrected chi connectivity index (χ1v) is 7.86. The molecule has 3 aromatic carbocycles. The first-order valence-electron chi connectivity index (χ1n) is 7.48. The lowest BCUT2D eigenvalue weighted by molar-refractivity contribution is 0.0601. The number of rotatable bonds is 3. The van der Waals surface area contributed by atoms with Crippen molar-refractivity contribution in [1.29, 1.82) is 5.26 Å². The fourth-order valence-electron chi connectivity index (χ4n) is 2.78. The summed E-state index contributed by atoms with van der Waals surface area (Å²) in [7, 11) is 2.88. The minimum absolute atomic E-state index is 0.417. The molecule has 5 heteroatoms. The fraction of sp³-hybridized carbons (Fsp3) is 0.100. The lowest BCUT2D eigenvalue weighted by atomic mass is 9.95. The molecule has 25 heavy (non-hydrogen) atoms. The number of carbonyl (C=O) groups excluding carboxylic acids is 1. The molecule has 0 atom stereocenters. The predicted octanol–water partition coefficient (Wildman–Crippen LogP) is 4.83. The SMILES string of the molecule is COC(=O)c1ccc2ccc(Cl)c(-c3ccc(C#N)cc3OC)c2c1. The van der Waals surface area contributed by atoms with Crippen molar-refractivity contribution < 1.29 is 14.3 Å². The van der Waals surface area contributed by atoms with Crippen molar-refractivity contribution in [3.8, 4) is 22.9 Å². The molecule has 3 rings (SSSR count). The molecule has 0 heterocycles. The van der Waals surface area contributed by atoms with Crippen LogP contribution in [0, 0.1) is 11.3 Å². The first kappa shape index (κ1) is 16.8. The Morgan fingerprint density at radius 2 is 1.84 bits per heavy atom. The Morgan fingerprint density at radius 1 is 1.08 bits per heavy atom. The van der Waals surface area contributed by atoms with Crippen molar-refractivity contribution in [2.75, 3.05) is 14.2 Å². The molecular formula is C20H14ClNO3. The van der Waals surface area contributed by atoms with Gasteiger partial charge in [-0.25, -0.2) is 4.79 Å². The van der Waals surface area contributed by atoms with E-state index in [4.69, 9.17) is 26.3 Å². The highest BCUT2D eigenvalue weighted by Gasteiger charge is 2.16. The van der Waals surface area contributed by atoms with E-state index in [2.05, 4.69) is 6.07 Å². The van der Waals surface area contributed by atoms with Crippen LogP contribution in [0.15, 0.2) is 48.5 Å². The normalized spacial score (nSPS) is 10.3. The average Bonchev–Trinajstić information content (AvgIpc) is 2.66. The molecule has 0 aliphatic heterocycles. The van der Waals surface area contributed by atoms with Gasteiger partial charge in [0.1, 0.15) is 5.75 Å². The summed E-state index contributed by atoms with van der Waals surface area (Å²) in [5.41, 5.74) is 2.42. The second-order valence-corrected chi connectivity index (χ2v) is 5.78. The average molecular weight is 352 g/mol. The van der Waals surface area contributed by atoms with E-state index in [1.54, 1.807) is 43.5 Å². The van der Waals surface area contributed by atoms with Crippen LogP contribution in [0.25, 0.3) is 21.9 Å². The van der Waals surface area contributed by atoms with E-state index in [9.17, 15) is 4.79 Å². The molecule has 0 fully saturated rings. The largest absolute Gasteiger partial charge is 0.496 e. The number of ether oxygens (including phenoxy) is 2. The number of fused-ring (bicyclic) bond motifs is 1. The number of hydrogen-bond acceptors (Lipinski definition) is 4. The van der Waals surface area contributed by atoms with Gasteiger partial charge in [-0.05, 0) is 47.2 Å². The molecule has 0 radical (unpaired) electrons. The van der Waals surface area contributed by atoms with Crippen LogP contribution in [0.5, 0.6) is 5.75 Å². The Balaban J connectivity index is 2.34. The number of carbonyl (C=O) groups is 1. The first-order chi connectivity index (χ1) is 12.1. The third-order valence-corrected chi connectivity index (χ3v) is 4.31. The van der Waals surface area contributed by atoms with Gasteiger partial charge in [-0.15, -0.1) is 0 Å². The molecule has 0 aliphatic carbocycles. The summed E-state index contributed by atoms with van der Waals surface area (Å²) in [5.74, 6) is 0.122. The lowest BCUT2D eigenvalue weighted by Crippen LogP contribution is -2.01. The monoisotopic (exact) mass is 351 g/mol. The maximum atomic E-state index is 11.9. The molecule has 3 aromatic rings. The Morgan fingerprint density at radius 3 is 2.52 bits per heavy atom. The van der Waals surface area contributed by atoms with Crippen LogP contribution < -0.4 is 4.74 Å². The quantitative estimate of drug-likeness (QED) is 0.634. The van der Waals surface area contributed by atoms with Crippen molar-refractivity contribution in [2.24, 2.45) is 0 Å². The smallest absolute Gasteiger partial charge is 0.337 e. The molecule has 0 aromatic heterocycles. The van der Waals surface area contributed by atoms with Crippen molar-refractivity contribution >= 4 is 28.3 Å². The molecule has 4 nitrogen and oxygen atoms in total. The van der Waals surface area contributed by atoms with Crippen LogP contribution in [-0.4, -0.2) is 20.2 Å². The summed E-state index contributed by atoms with van der Waals surface area (Å²) in [5, 5.41) is 11.3. The van der Waals surface area contributed by atoms with Gasteiger partial charge in [-0.2, -0.15) is 5.26 Å². The highest BCUT2D eigenvalue weighted by Crippen LogP contribution is 2.40. The van der Waals surface area contributed by atoms with E-state index in [1.165, 1.54) is 7.11 Å². The van der Waals surface area contributed by atoms with Crippen LogP contribution in [0.3, 0.4) is 0 Å². The molecule has 0 saturated heterocycles. The van der Waals surface area contributed by atoms with Gasteiger partial charge in [0, 0.05) is 16.1 Å². The maximum Gasteiger partial charge on any atom is 0.337 e. The molecule has 0 unspecified atom stereocenters. The predicted molar refractivity (Wildman–Crippen MR) is 97.0 cm³/mol. The van der Waals surface area contributed by atoms with Gasteiger partial charge in [0.2, 0.25) is 0 Å². The van der Waals surface area contributed by atoms with E-state index >= 15 is 0 Å². The zero-order valence-corrected chi connectivity index (χ0v) is 14.4. The summed E-state index contributed by atoms with van der Waals surface area (Å²) < 4.78 is 10.2.